The van der Waals surface area contributed by atoms with Crippen LogP contribution in [0.4, 0.5) is 0 Å². The van der Waals surface area contributed by atoms with Gasteiger partial charge in [-0.1, -0.05) is 66.7 Å². The lowest BCUT2D eigenvalue weighted by molar-refractivity contribution is -0.123. The number of carbonyl (C=O) groups excluding carboxylic acids is 2. The zero-order valence-electron chi connectivity index (χ0n) is 17.6. The Balaban J connectivity index is 1.79. The maximum Gasteiger partial charge on any atom is 0.226 e. The standard InChI is InChI=1S/C25H26N2O4/c1-30-21-14-13-20(17-22(21)31-2)25(26-23(28)15-18-9-5-3-6-10-18)27-24(29)16-19-11-7-4-8-12-19/h3-14,17,25H,15-16H2,1-2H3,(H,26,28)(H,27,29). The van der Waals surface area contributed by atoms with Gasteiger partial charge in [-0.15, -0.1) is 0 Å². The van der Waals surface area contributed by atoms with Gasteiger partial charge < -0.3 is 20.1 Å². The third-order valence-corrected chi connectivity index (χ3v) is 4.77. The lowest BCUT2D eigenvalue weighted by atomic mass is 10.1. The highest BCUT2D eigenvalue weighted by Crippen LogP contribution is 2.29. The van der Waals surface area contributed by atoms with Crippen molar-refractivity contribution in [3.8, 4) is 11.5 Å². The molecule has 0 aromatic heterocycles. The molecular weight excluding hydrogens is 392 g/mol. The van der Waals surface area contributed by atoms with E-state index >= 15 is 0 Å². The van der Waals surface area contributed by atoms with Crippen LogP contribution in [0.3, 0.4) is 0 Å². The number of amides is 2. The van der Waals surface area contributed by atoms with Crippen LogP contribution in [0.15, 0.2) is 78.9 Å². The fourth-order valence-electron chi connectivity index (χ4n) is 3.22. The number of carbonyl (C=O) groups is 2. The number of benzene rings is 3. The largest absolute Gasteiger partial charge is 0.493 e. The molecular formula is C25H26N2O4. The second-order valence-corrected chi connectivity index (χ2v) is 7.01. The molecule has 0 bridgehead atoms. The van der Waals surface area contributed by atoms with E-state index in [-0.39, 0.29) is 24.7 Å². The van der Waals surface area contributed by atoms with E-state index in [1.165, 1.54) is 0 Å². The van der Waals surface area contributed by atoms with E-state index in [1.807, 2.05) is 60.7 Å². The molecule has 0 aliphatic carbocycles. The maximum atomic E-state index is 12.7. The lowest BCUT2D eigenvalue weighted by Crippen LogP contribution is -2.42. The van der Waals surface area contributed by atoms with Crippen molar-refractivity contribution in [1.82, 2.24) is 10.6 Å². The summed E-state index contributed by atoms with van der Waals surface area (Å²) < 4.78 is 10.7. The molecule has 3 aromatic rings. The topological polar surface area (TPSA) is 76.7 Å². The molecule has 0 radical (unpaired) electrons. The van der Waals surface area contributed by atoms with Gasteiger partial charge in [-0.05, 0) is 28.8 Å². The third-order valence-electron chi connectivity index (χ3n) is 4.77. The predicted molar refractivity (Wildman–Crippen MR) is 119 cm³/mol. The van der Waals surface area contributed by atoms with Crippen molar-refractivity contribution in [3.05, 3.63) is 95.6 Å². The molecule has 3 rings (SSSR count). The van der Waals surface area contributed by atoms with E-state index in [9.17, 15) is 9.59 Å². The van der Waals surface area contributed by atoms with Gasteiger partial charge in [-0.3, -0.25) is 9.59 Å². The van der Waals surface area contributed by atoms with Crippen LogP contribution < -0.4 is 20.1 Å². The maximum absolute atomic E-state index is 12.7. The molecule has 0 atom stereocenters. The fourth-order valence-corrected chi connectivity index (χ4v) is 3.22. The second-order valence-electron chi connectivity index (χ2n) is 7.01. The Morgan fingerprint density at radius 1 is 0.710 bits per heavy atom. The molecule has 3 aromatic carbocycles. The Hall–Kier alpha value is -3.80. The van der Waals surface area contributed by atoms with Gasteiger partial charge in [0.05, 0.1) is 27.1 Å². The number of hydrogen-bond acceptors (Lipinski definition) is 4. The van der Waals surface area contributed by atoms with Gasteiger partial charge >= 0.3 is 0 Å². The Labute approximate surface area is 182 Å². The number of ether oxygens (including phenoxy) is 2. The van der Waals surface area contributed by atoms with E-state index < -0.39 is 6.17 Å². The summed E-state index contributed by atoms with van der Waals surface area (Å²) in [6.45, 7) is 0. The molecule has 0 fully saturated rings. The summed E-state index contributed by atoms with van der Waals surface area (Å²) in [6.07, 6.45) is -0.300. The minimum absolute atomic E-state index is 0.203. The normalized spacial score (nSPS) is 10.4. The summed E-state index contributed by atoms with van der Waals surface area (Å²) in [5.41, 5.74) is 2.46. The molecule has 2 amide bonds. The first-order chi connectivity index (χ1) is 15.1. The van der Waals surface area contributed by atoms with Crippen LogP contribution in [0.1, 0.15) is 22.9 Å². The zero-order chi connectivity index (χ0) is 22.1. The lowest BCUT2D eigenvalue weighted by Gasteiger charge is -2.22. The van der Waals surface area contributed by atoms with E-state index in [2.05, 4.69) is 10.6 Å². The van der Waals surface area contributed by atoms with Crippen LogP contribution in [-0.4, -0.2) is 26.0 Å². The van der Waals surface area contributed by atoms with Gasteiger partial charge in [0, 0.05) is 0 Å². The highest BCUT2D eigenvalue weighted by Gasteiger charge is 2.19. The molecule has 31 heavy (non-hydrogen) atoms. The summed E-state index contributed by atoms with van der Waals surface area (Å²) in [6, 6.07) is 24.2. The Morgan fingerprint density at radius 3 is 1.65 bits per heavy atom. The van der Waals surface area contributed by atoms with E-state index in [1.54, 1.807) is 32.4 Å². The highest BCUT2D eigenvalue weighted by atomic mass is 16.5. The summed E-state index contributed by atoms with van der Waals surface area (Å²) in [5.74, 6) is 0.674. The smallest absolute Gasteiger partial charge is 0.226 e. The Bertz CT molecular complexity index is 951. The van der Waals surface area contributed by atoms with Crippen molar-refractivity contribution in [1.29, 1.82) is 0 Å². The SMILES string of the molecule is COc1ccc(C(NC(=O)Cc2ccccc2)NC(=O)Cc2ccccc2)cc1OC. The van der Waals surface area contributed by atoms with Gasteiger partial charge in [0.25, 0.3) is 0 Å². The summed E-state index contributed by atoms with van der Waals surface area (Å²) >= 11 is 0. The number of hydrogen-bond donors (Lipinski definition) is 2. The van der Waals surface area contributed by atoms with Crippen molar-refractivity contribution in [3.63, 3.8) is 0 Å². The van der Waals surface area contributed by atoms with Crippen LogP contribution in [-0.2, 0) is 22.4 Å². The number of methoxy groups -OCH3 is 2. The van der Waals surface area contributed by atoms with Crippen LogP contribution in [0, 0.1) is 0 Å². The molecule has 0 heterocycles. The second kappa shape index (κ2) is 10.8. The molecule has 0 saturated heterocycles. The predicted octanol–water partition coefficient (Wildman–Crippen LogP) is 3.42. The van der Waals surface area contributed by atoms with Crippen molar-refractivity contribution >= 4 is 11.8 Å². The molecule has 0 unspecified atom stereocenters. The monoisotopic (exact) mass is 418 g/mol. The molecule has 0 spiro atoms. The molecule has 6 heteroatoms. The average Bonchev–Trinajstić information content (AvgIpc) is 2.79. The first kappa shape index (κ1) is 21.9. The van der Waals surface area contributed by atoms with Crippen LogP contribution in [0.2, 0.25) is 0 Å². The van der Waals surface area contributed by atoms with Gasteiger partial charge in [0.15, 0.2) is 11.5 Å². The van der Waals surface area contributed by atoms with Gasteiger partial charge in [-0.25, -0.2) is 0 Å². The average molecular weight is 418 g/mol. The van der Waals surface area contributed by atoms with E-state index in [4.69, 9.17) is 9.47 Å². The summed E-state index contributed by atoms with van der Waals surface area (Å²) in [7, 11) is 3.09. The molecule has 0 aliphatic rings. The van der Waals surface area contributed by atoms with E-state index in [0.29, 0.717) is 17.1 Å². The van der Waals surface area contributed by atoms with Crippen molar-refractivity contribution in [2.75, 3.05) is 14.2 Å². The van der Waals surface area contributed by atoms with Gasteiger partial charge in [0.1, 0.15) is 6.17 Å². The first-order valence-electron chi connectivity index (χ1n) is 9.97. The Kier molecular flexibility index (Phi) is 7.65. The summed E-state index contributed by atoms with van der Waals surface area (Å²) in [4.78, 5) is 25.4. The summed E-state index contributed by atoms with van der Waals surface area (Å²) in [5, 5.41) is 5.84. The molecule has 0 saturated carbocycles. The molecule has 0 aliphatic heterocycles. The quantitative estimate of drug-likeness (QED) is 0.522. The van der Waals surface area contributed by atoms with Crippen molar-refractivity contribution in [2.45, 2.75) is 19.0 Å². The number of nitrogens with one attached hydrogen (secondary N) is 2. The zero-order valence-corrected chi connectivity index (χ0v) is 17.6. The van der Waals surface area contributed by atoms with Crippen LogP contribution in [0.25, 0.3) is 0 Å². The molecule has 2 N–H and O–H groups in total. The van der Waals surface area contributed by atoms with E-state index in [0.717, 1.165) is 11.1 Å². The first-order valence-corrected chi connectivity index (χ1v) is 9.97. The minimum Gasteiger partial charge on any atom is -0.493 e. The minimum atomic E-state index is -0.716. The van der Waals surface area contributed by atoms with Gasteiger partial charge in [-0.2, -0.15) is 0 Å². The number of rotatable bonds is 9. The third kappa shape index (κ3) is 6.34. The molecule has 160 valence electrons. The molecule has 6 nitrogen and oxygen atoms in total. The van der Waals surface area contributed by atoms with Gasteiger partial charge in [0.2, 0.25) is 11.8 Å². The Morgan fingerprint density at radius 2 is 1.19 bits per heavy atom. The van der Waals surface area contributed by atoms with Crippen LogP contribution in [0.5, 0.6) is 11.5 Å². The van der Waals surface area contributed by atoms with Crippen molar-refractivity contribution < 1.29 is 19.1 Å². The van der Waals surface area contributed by atoms with Crippen LogP contribution >= 0.6 is 0 Å². The highest BCUT2D eigenvalue weighted by molar-refractivity contribution is 5.82. The van der Waals surface area contributed by atoms with Crippen molar-refractivity contribution in [2.24, 2.45) is 0 Å². The fraction of sp³-hybridized carbons (Fsp3) is 0.200.